The number of alkyl halides is 3. The second-order valence-electron chi connectivity index (χ2n) is 5.85. The number of benzene rings is 1. The number of esters is 1. The lowest BCUT2D eigenvalue weighted by Crippen LogP contribution is -2.48. The van der Waals surface area contributed by atoms with Gasteiger partial charge in [-0.05, 0) is 32.0 Å². The molecule has 0 N–H and O–H groups in total. The number of ether oxygens (including phenoxy) is 1. The van der Waals surface area contributed by atoms with E-state index in [1.165, 1.54) is 12.1 Å². The molecule has 2 rings (SSSR count). The molecule has 1 aliphatic rings. The van der Waals surface area contributed by atoms with Gasteiger partial charge in [0.2, 0.25) is 0 Å². The van der Waals surface area contributed by atoms with Gasteiger partial charge in [0.1, 0.15) is 0 Å². The number of rotatable bonds is 4. The normalized spacial score (nSPS) is 16.7. The molecule has 0 aliphatic carbocycles. The summed E-state index contributed by atoms with van der Waals surface area (Å²) >= 11 is 0. The predicted molar refractivity (Wildman–Crippen MR) is 81.3 cm³/mol. The summed E-state index contributed by atoms with van der Waals surface area (Å²) in [6.45, 7) is 6.20. The van der Waals surface area contributed by atoms with Crippen LogP contribution in [0.5, 0.6) is 0 Å². The van der Waals surface area contributed by atoms with E-state index >= 15 is 0 Å². The summed E-state index contributed by atoms with van der Waals surface area (Å²) in [6, 6.07) is 5.34. The molecule has 0 radical (unpaired) electrons. The number of halogens is 3. The Balaban J connectivity index is 1.91. The summed E-state index contributed by atoms with van der Waals surface area (Å²) in [7, 11) is 0. The first-order valence-corrected chi connectivity index (χ1v) is 7.60. The van der Waals surface area contributed by atoms with E-state index in [0.29, 0.717) is 31.9 Å². The van der Waals surface area contributed by atoms with E-state index in [2.05, 4.69) is 0 Å². The monoisotopic (exact) mass is 330 g/mol. The predicted octanol–water partition coefficient (Wildman–Crippen LogP) is 2.78. The zero-order chi connectivity index (χ0) is 17.0. The number of hydrogen-bond donors (Lipinski definition) is 0. The van der Waals surface area contributed by atoms with Crippen molar-refractivity contribution in [2.45, 2.75) is 26.1 Å². The highest BCUT2D eigenvalue weighted by atomic mass is 19.4. The molecule has 1 aromatic rings. The van der Waals surface area contributed by atoms with Crippen molar-refractivity contribution < 1.29 is 22.7 Å². The lowest BCUT2D eigenvalue weighted by Gasteiger charge is -2.35. The maximum atomic E-state index is 12.8. The molecule has 1 aromatic carbocycles. The van der Waals surface area contributed by atoms with Crippen molar-refractivity contribution in [2.75, 3.05) is 37.6 Å². The third kappa shape index (κ3) is 5.13. The Bertz CT molecular complexity index is 538. The van der Waals surface area contributed by atoms with E-state index < -0.39 is 11.7 Å². The molecule has 1 fully saturated rings. The summed E-state index contributed by atoms with van der Waals surface area (Å²) in [5.41, 5.74) is -0.0813. The highest BCUT2D eigenvalue weighted by Crippen LogP contribution is 2.31. The van der Waals surface area contributed by atoms with E-state index in [1.807, 2.05) is 9.80 Å². The topological polar surface area (TPSA) is 32.8 Å². The first-order chi connectivity index (χ1) is 10.8. The van der Waals surface area contributed by atoms with Crippen molar-refractivity contribution in [3.63, 3.8) is 0 Å². The zero-order valence-corrected chi connectivity index (χ0v) is 13.3. The van der Waals surface area contributed by atoms with Gasteiger partial charge in [-0.2, -0.15) is 13.2 Å². The van der Waals surface area contributed by atoms with Gasteiger partial charge < -0.3 is 9.64 Å². The quantitative estimate of drug-likeness (QED) is 0.795. The fourth-order valence-electron chi connectivity index (χ4n) is 2.53. The number of carbonyl (C=O) groups excluding carboxylic acids is 1. The van der Waals surface area contributed by atoms with Crippen molar-refractivity contribution in [1.82, 2.24) is 4.90 Å². The molecular formula is C16H21F3N2O2. The van der Waals surface area contributed by atoms with Gasteiger partial charge in [-0.1, -0.05) is 6.07 Å². The van der Waals surface area contributed by atoms with Crippen LogP contribution in [0.25, 0.3) is 0 Å². The lowest BCUT2D eigenvalue weighted by molar-refractivity contribution is -0.148. The minimum atomic E-state index is -4.33. The van der Waals surface area contributed by atoms with Crippen LogP contribution in [-0.2, 0) is 15.7 Å². The minimum Gasteiger partial charge on any atom is -0.462 e. The third-order valence-corrected chi connectivity index (χ3v) is 3.63. The number of piperazine rings is 1. The summed E-state index contributed by atoms with van der Waals surface area (Å²) in [5.74, 6) is -0.271. The van der Waals surface area contributed by atoms with E-state index in [9.17, 15) is 18.0 Å². The number of nitrogens with zero attached hydrogens (tertiary/aromatic N) is 2. The highest BCUT2D eigenvalue weighted by molar-refractivity contribution is 5.71. The van der Waals surface area contributed by atoms with Crippen LogP contribution in [0.2, 0.25) is 0 Å². The molecule has 1 saturated heterocycles. The van der Waals surface area contributed by atoms with Crippen molar-refractivity contribution in [3.05, 3.63) is 29.8 Å². The third-order valence-electron chi connectivity index (χ3n) is 3.63. The fourth-order valence-corrected chi connectivity index (χ4v) is 2.53. The van der Waals surface area contributed by atoms with Crippen LogP contribution in [0.1, 0.15) is 19.4 Å². The summed E-state index contributed by atoms with van der Waals surface area (Å²) < 4.78 is 43.4. The molecule has 4 nitrogen and oxygen atoms in total. The average Bonchev–Trinajstić information content (AvgIpc) is 2.46. The first kappa shape index (κ1) is 17.6. The number of anilines is 1. The minimum absolute atomic E-state index is 0.145. The fraction of sp³-hybridized carbons (Fsp3) is 0.562. The molecule has 1 aliphatic heterocycles. The molecule has 0 amide bonds. The van der Waals surface area contributed by atoms with Crippen molar-refractivity contribution in [1.29, 1.82) is 0 Å². The largest absolute Gasteiger partial charge is 0.462 e. The van der Waals surface area contributed by atoms with Crippen LogP contribution in [0.4, 0.5) is 18.9 Å². The Kier molecular flexibility index (Phi) is 5.51. The average molecular weight is 330 g/mol. The van der Waals surface area contributed by atoms with Gasteiger partial charge in [0, 0.05) is 31.9 Å². The maximum absolute atomic E-state index is 12.8. The number of carbonyl (C=O) groups is 1. The molecule has 0 saturated carbocycles. The Morgan fingerprint density at radius 2 is 1.87 bits per heavy atom. The molecule has 0 atom stereocenters. The Morgan fingerprint density at radius 3 is 2.43 bits per heavy atom. The second-order valence-corrected chi connectivity index (χ2v) is 5.85. The smallest absolute Gasteiger partial charge is 0.416 e. The Morgan fingerprint density at radius 1 is 1.22 bits per heavy atom. The Labute approximate surface area is 133 Å². The highest BCUT2D eigenvalue weighted by Gasteiger charge is 2.31. The van der Waals surface area contributed by atoms with Crippen LogP contribution in [0, 0.1) is 0 Å². The van der Waals surface area contributed by atoms with Crippen LogP contribution in [0.3, 0.4) is 0 Å². The summed E-state index contributed by atoms with van der Waals surface area (Å²) in [5, 5.41) is 0. The van der Waals surface area contributed by atoms with Crippen LogP contribution in [-0.4, -0.2) is 49.7 Å². The lowest BCUT2D eigenvalue weighted by atomic mass is 10.1. The standard InChI is InChI=1S/C16H21F3N2O2/c1-12(2)23-15(22)11-20-6-8-21(9-7-20)14-5-3-4-13(10-14)16(17,18)19/h3-5,10,12H,6-9,11H2,1-2H3. The van der Waals surface area contributed by atoms with E-state index in [0.717, 1.165) is 6.07 Å². The second kappa shape index (κ2) is 7.21. The zero-order valence-electron chi connectivity index (χ0n) is 13.3. The summed E-state index contributed by atoms with van der Waals surface area (Å²) in [4.78, 5) is 15.5. The van der Waals surface area contributed by atoms with Gasteiger partial charge in [0.15, 0.2) is 0 Å². The Hall–Kier alpha value is -1.76. The van der Waals surface area contributed by atoms with Gasteiger partial charge in [-0.25, -0.2) is 0 Å². The molecule has 23 heavy (non-hydrogen) atoms. The van der Waals surface area contributed by atoms with E-state index in [4.69, 9.17) is 4.74 Å². The molecule has 128 valence electrons. The van der Waals surface area contributed by atoms with Gasteiger partial charge in [0.25, 0.3) is 0 Å². The first-order valence-electron chi connectivity index (χ1n) is 7.60. The molecule has 7 heteroatoms. The van der Waals surface area contributed by atoms with Crippen molar-refractivity contribution in [3.8, 4) is 0 Å². The van der Waals surface area contributed by atoms with Gasteiger partial charge in [0.05, 0.1) is 18.2 Å². The SMILES string of the molecule is CC(C)OC(=O)CN1CCN(c2cccc(C(F)(F)F)c2)CC1. The van der Waals surface area contributed by atoms with Gasteiger partial charge in [-0.15, -0.1) is 0 Å². The van der Waals surface area contributed by atoms with Crippen molar-refractivity contribution >= 4 is 11.7 Å². The van der Waals surface area contributed by atoms with Gasteiger partial charge in [-0.3, -0.25) is 9.69 Å². The molecule has 0 unspecified atom stereocenters. The number of hydrogen-bond acceptors (Lipinski definition) is 4. The molecule has 0 spiro atoms. The maximum Gasteiger partial charge on any atom is 0.416 e. The molecule has 1 heterocycles. The van der Waals surface area contributed by atoms with Crippen molar-refractivity contribution in [2.24, 2.45) is 0 Å². The van der Waals surface area contributed by atoms with Gasteiger partial charge >= 0.3 is 12.1 Å². The van der Waals surface area contributed by atoms with Crippen LogP contribution >= 0.6 is 0 Å². The van der Waals surface area contributed by atoms with E-state index in [1.54, 1.807) is 19.9 Å². The molecular weight excluding hydrogens is 309 g/mol. The summed E-state index contributed by atoms with van der Waals surface area (Å²) in [6.07, 6.45) is -4.48. The van der Waals surface area contributed by atoms with Crippen LogP contribution in [0.15, 0.2) is 24.3 Å². The van der Waals surface area contributed by atoms with E-state index in [-0.39, 0.29) is 18.6 Å². The van der Waals surface area contributed by atoms with Crippen LogP contribution < -0.4 is 4.90 Å². The molecule has 0 aromatic heterocycles. The molecule has 0 bridgehead atoms.